The average molecular weight is 423 g/mol. The number of nitrogens with zero attached hydrogens (tertiary/aromatic N) is 4. The molecule has 9 heteroatoms. The minimum atomic E-state index is -4.50. The van der Waals surface area contributed by atoms with Crippen LogP contribution in [0.25, 0.3) is 33.5 Å². The first-order valence-corrected chi connectivity index (χ1v) is 8.22. The molecule has 0 saturated heterocycles. The van der Waals surface area contributed by atoms with Gasteiger partial charge in [-0.2, -0.15) is 13.2 Å². The highest BCUT2D eigenvalue weighted by molar-refractivity contribution is 9.10. The summed E-state index contributed by atoms with van der Waals surface area (Å²) in [5, 5.41) is 11.9. The quantitative estimate of drug-likeness (QED) is 0.484. The van der Waals surface area contributed by atoms with Crippen molar-refractivity contribution < 1.29 is 18.3 Å². The Bertz CT molecular complexity index is 1170. The molecular formula is C17H10BrF3N4O. The second kappa shape index (κ2) is 5.66. The third kappa shape index (κ3) is 2.59. The molecule has 1 aromatic carbocycles. The third-order valence-corrected chi connectivity index (χ3v) is 4.57. The van der Waals surface area contributed by atoms with E-state index in [-0.39, 0.29) is 28.4 Å². The lowest BCUT2D eigenvalue weighted by Crippen LogP contribution is -2.05. The van der Waals surface area contributed by atoms with Crippen molar-refractivity contribution in [3.8, 4) is 17.3 Å². The summed E-state index contributed by atoms with van der Waals surface area (Å²) in [7, 11) is 1.61. The summed E-state index contributed by atoms with van der Waals surface area (Å²) in [5.41, 5.74) is -0.358. The molecule has 5 nitrogen and oxygen atoms in total. The van der Waals surface area contributed by atoms with Crippen LogP contribution in [0.2, 0.25) is 0 Å². The molecule has 3 aromatic heterocycles. The van der Waals surface area contributed by atoms with Crippen LogP contribution in [0.5, 0.6) is 5.75 Å². The average Bonchev–Trinajstić information content (AvgIpc) is 2.90. The molecule has 0 bridgehead atoms. The molecule has 0 amide bonds. The molecule has 0 spiro atoms. The van der Waals surface area contributed by atoms with Gasteiger partial charge < -0.3 is 9.67 Å². The molecule has 0 radical (unpaired) electrons. The van der Waals surface area contributed by atoms with Gasteiger partial charge in [-0.05, 0) is 24.3 Å². The Kier molecular flexibility index (Phi) is 3.65. The Labute approximate surface area is 153 Å². The molecule has 4 rings (SSSR count). The molecule has 0 atom stereocenters. The molecule has 0 aliphatic heterocycles. The normalized spacial score (nSPS) is 12.2. The van der Waals surface area contributed by atoms with Gasteiger partial charge in [-0.25, -0.2) is 15.0 Å². The summed E-state index contributed by atoms with van der Waals surface area (Å²) in [6.45, 7) is 0. The van der Waals surface area contributed by atoms with E-state index in [1.807, 2.05) is 0 Å². The SMILES string of the molecule is Cn1c(-c2ncc3cc(Br)ccc3c2O)nc2cc(C(F)(F)F)cnc21. The standard InChI is InChI=1S/C17H10BrF3N4O/c1-25-15-12(5-9(7-23-15)17(19,20)21)24-16(25)13-14(26)11-3-2-10(18)4-8(11)6-22-13/h2-7,26H,1H3. The fraction of sp³-hybridized carbons (Fsp3) is 0.118. The van der Waals surface area contributed by atoms with E-state index in [1.54, 1.807) is 31.4 Å². The lowest BCUT2D eigenvalue weighted by Gasteiger charge is -2.07. The highest BCUT2D eigenvalue weighted by Gasteiger charge is 2.32. The second-order valence-corrected chi connectivity index (χ2v) is 6.66. The first-order chi connectivity index (χ1) is 12.3. The van der Waals surface area contributed by atoms with Crippen molar-refractivity contribution in [3.63, 3.8) is 0 Å². The maximum absolute atomic E-state index is 12.9. The van der Waals surface area contributed by atoms with Crippen molar-refractivity contribution in [3.05, 3.63) is 46.7 Å². The van der Waals surface area contributed by atoms with E-state index in [2.05, 4.69) is 30.9 Å². The van der Waals surface area contributed by atoms with Gasteiger partial charge in [-0.15, -0.1) is 0 Å². The summed E-state index contributed by atoms with van der Waals surface area (Å²) in [4.78, 5) is 12.3. The van der Waals surface area contributed by atoms with Crippen molar-refractivity contribution in [1.29, 1.82) is 0 Å². The van der Waals surface area contributed by atoms with Gasteiger partial charge in [0.15, 0.2) is 17.2 Å². The molecule has 0 aliphatic carbocycles. The Morgan fingerprint density at radius 1 is 1.12 bits per heavy atom. The summed E-state index contributed by atoms with van der Waals surface area (Å²) in [5.74, 6) is 0.138. The fourth-order valence-electron chi connectivity index (χ4n) is 2.79. The van der Waals surface area contributed by atoms with Gasteiger partial charge in [0.25, 0.3) is 0 Å². The number of pyridine rings is 2. The zero-order chi connectivity index (χ0) is 18.6. The monoisotopic (exact) mass is 422 g/mol. The van der Waals surface area contributed by atoms with E-state index in [0.717, 1.165) is 22.1 Å². The lowest BCUT2D eigenvalue weighted by molar-refractivity contribution is -0.137. The number of hydrogen-bond acceptors (Lipinski definition) is 4. The van der Waals surface area contributed by atoms with Crippen molar-refractivity contribution in [2.45, 2.75) is 6.18 Å². The number of benzene rings is 1. The summed E-state index contributed by atoms with van der Waals surface area (Å²) >= 11 is 3.35. The minimum Gasteiger partial charge on any atom is -0.505 e. The largest absolute Gasteiger partial charge is 0.505 e. The Morgan fingerprint density at radius 2 is 1.88 bits per heavy atom. The highest BCUT2D eigenvalue weighted by Crippen LogP contribution is 2.36. The summed E-state index contributed by atoms with van der Waals surface area (Å²) < 4.78 is 41.0. The zero-order valence-electron chi connectivity index (χ0n) is 13.2. The predicted molar refractivity (Wildman–Crippen MR) is 93.6 cm³/mol. The van der Waals surface area contributed by atoms with Crippen LogP contribution in [-0.2, 0) is 13.2 Å². The molecule has 4 aromatic rings. The molecule has 1 N–H and O–H groups in total. The van der Waals surface area contributed by atoms with Crippen LogP contribution in [-0.4, -0.2) is 24.6 Å². The van der Waals surface area contributed by atoms with E-state index >= 15 is 0 Å². The number of aryl methyl sites for hydroxylation is 1. The smallest absolute Gasteiger partial charge is 0.417 e. The Morgan fingerprint density at radius 3 is 2.62 bits per heavy atom. The number of imidazole rings is 1. The maximum Gasteiger partial charge on any atom is 0.417 e. The zero-order valence-corrected chi connectivity index (χ0v) is 14.8. The van der Waals surface area contributed by atoms with Crippen molar-refractivity contribution in [2.75, 3.05) is 0 Å². The summed E-state index contributed by atoms with van der Waals surface area (Å²) in [6.07, 6.45) is -2.17. The van der Waals surface area contributed by atoms with Crippen LogP contribution in [0, 0.1) is 0 Å². The van der Waals surface area contributed by atoms with Gasteiger partial charge in [0, 0.05) is 34.7 Å². The van der Waals surface area contributed by atoms with Gasteiger partial charge in [0.1, 0.15) is 11.2 Å². The van der Waals surface area contributed by atoms with E-state index in [0.29, 0.717) is 5.39 Å². The molecule has 0 aliphatic rings. The van der Waals surface area contributed by atoms with Crippen molar-refractivity contribution in [1.82, 2.24) is 19.5 Å². The first kappa shape index (κ1) is 16.8. The number of hydrogen-bond donors (Lipinski definition) is 1. The van der Waals surface area contributed by atoms with Gasteiger partial charge in [-0.3, -0.25) is 0 Å². The van der Waals surface area contributed by atoms with Crippen LogP contribution in [0.4, 0.5) is 13.2 Å². The Hall–Kier alpha value is -2.68. The maximum atomic E-state index is 12.9. The predicted octanol–water partition coefficient (Wildman–Crippen LogP) is 4.67. The topological polar surface area (TPSA) is 63.8 Å². The molecule has 3 heterocycles. The van der Waals surface area contributed by atoms with Crippen LogP contribution >= 0.6 is 15.9 Å². The number of aromatic hydroxyl groups is 1. The molecule has 0 unspecified atom stereocenters. The summed E-state index contributed by atoms with van der Waals surface area (Å²) in [6, 6.07) is 6.24. The van der Waals surface area contributed by atoms with Crippen molar-refractivity contribution >= 4 is 37.9 Å². The van der Waals surface area contributed by atoms with Gasteiger partial charge in [0.2, 0.25) is 0 Å². The first-order valence-electron chi connectivity index (χ1n) is 7.43. The molecule has 132 valence electrons. The molecule has 26 heavy (non-hydrogen) atoms. The van der Waals surface area contributed by atoms with E-state index in [1.165, 1.54) is 4.57 Å². The van der Waals surface area contributed by atoms with Crippen LogP contribution in [0.3, 0.4) is 0 Å². The van der Waals surface area contributed by atoms with E-state index < -0.39 is 11.7 Å². The lowest BCUT2D eigenvalue weighted by atomic mass is 10.1. The van der Waals surface area contributed by atoms with Crippen molar-refractivity contribution in [2.24, 2.45) is 7.05 Å². The highest BCUT2D eigenvalue weighted by atomic mass is 79.9. The van der Waals surface area contributed by atoms with Crippen LogP contribution < -0.4 is 0 Å². The number of aromatic nitrogens is 4. The third-order valence-electron chi connectivity index (χ3n) is 4.07. The van der Waals surface area contributed by atoms with Gasteiger partial charge in [0.05, 0.1) is 5.56 Å². The molecule has 0 fully saturated rings. The van der Waals surface area contributed by atoms with Gasteiger partial charge in [-0.1, -0.05) is 15.9 Å². The number of fused-ring (bicyclic) bond motifs is 2. The Balaban J connectivity index is 1.94. The van der Waals surface area contributed by atoms with E-state index in [9.17, 15) is 18.3 Å². The number of halogens is 4. The number of alkyl halides is 3. The van der Waals surface area contributed by atoms with E-state index in [4.69, 9.17) is 0 Å². The minimum absolute atomic E-state index is 0.0782. The van der Waals surface area contributed by atoms with Crippen LogP contribution in [0.15, 0.2) is 41.1 Å². The number of rotatable bonds is 1. The molecule has 0 saturated carbocycles. The second-order valence-electron chi connectivity index (χ2n) is 5.75. The van der Waals surface area contributed by atoms with Gasteiger partial charge >= 0.3 is 6.18 Å². The molecular weight excluding hydrogens is 413 g/mol. The fourth-order valence-corrected chi connectivity index (χ4v) is 3.16. The van der Waals surface area contributed by atoms with Crippen LogP contribution in [0.1, 0.15) is 5.56 Å².